The van der Waals surface area contributed by atoms with Gasteiger partial charge in [0.05, 0.1) is 11.1 Å². The summed E-state index contributed by atoms with van der Waals surface area (Å²) in [5, 5.41) is 4.57. The number of nitrogens with zero attached hydrogens (tertiary/aromatic N) is 1. The summed E-state index contributed by atoms with van der Waals surface area (Å²) in [6, 6.07) is 8.19. The van der Waals surface area contributed by atoms with E-state index in [4.69, 9.17) is 0 Å². The molecule has 4 heteroatoms. The molecule has 134 valence electrons. The molecule has 5 rings (SSSR count). The lowest BCUT2D eigenvalue weighted by Gasteiger charge is -2.55. The van der Waals surface area contributed by atoms with Crippen LogP contribution in [0.25, 0.3) is 0 Å². The van der Waals surface area contributed by atoms with E-state index in [0.29, 0.717) is 0 Å². The lowest BCUT2D eigenvalue weighted by molar-refractivity contribution is -0.146. The molecule has 0 atom stereocenters. The summed E-state index contributed by atoms with van der Waals surface area (Å²) in [6.45, 7) is 2.15. The van der Waals surface area contributed by atoms with Gasteiger partial charge in [-0.15, -0.1) is 0 Å². The van der Waals surface area contributed by atoms with Gasteiger partial charge in [-0.2, -0.15) is 5.10 Å². The maximum atomic E-state index is 13.1. The van der Waals surface area contributed by atoms with E-state index in [9.17, 15) is 4.79 Å². The zero-order valence-corrected chi connectivity index (χ0v) is 16.5. The van der Waals surface area contributed by atoms with E-state index < -0.39 is 0 Å². The highest BCUT2D eigenvalue weighted by Crippen LogP contribution is 2.60. The molecule has 0 unspecified atom stereocenters. The van der Waals surface area contributed by atoms with Crippen LogP contribution >= 0.6 is 15.9 Å². The molecule has 0 heterocycles. The first-order valence-electron chi connectivity index (χ1n) is 9.71. The Morgan fingerprint density at radius 1 is 1.12 bits per heavy atom. The van der Waals surface area contributed by atoms with E-state index in [1.807, 2.05) is 12.1 Å². The fourth-order valence-corrected chi connectivity index (χ4v) is 6.03. The Hall–Kier alpha value is -1.16. The fourth-order valence-electron chi connectivity index (χ4n) is 5.77. The molecule has 0 aliphatic heterocycles. The van der Waals surface area contributed by atoms with Crippen LogP contribution in [0.2, 0.25) is 0 Å². The average Bonchev–Trinajstić information content (AvgIpc) is 2.58. The van der Waals surface area contributed by atoms with E-state index in [2.05, 4.69) is 45.5 Å². The third kappa shape index (κ3) is 3.42. The maximum Gasteiger partial charge on any atom is 0.246 e. The van der Waals surface area contributed by atoms with Crippen molar-refractivity contribution in [2.75, 3.05) is 0 Å². The highest BCUT2D eigenvalue weighted by atomic mass is 79.9. The Morgan fingerprint density at radius 3 is 2.20 bits per heavy atom. The van der Waals surface area contributed by atoms with Gasteiger partial charge in [0.15, 0.2) is 0 Å². The van der Waals surface area contributed by atoms with Crippen molar-refractivity contribution in [2.24, 2.45) is 28.3 Å². The number of halogens is 1. The van der Waals surface area contributed by atoms with Crippen LogP contribution in [-0.2, 0) is 4.79 Å². The van der Waals surface area contributed by atoms with Gasteiger partial charge in [-0.05, 0) is 80.4 Å². The number of amides is 1. The SMILES string of the molecule is CCC/C(=N\NC(=O)C12CC3CC(CC(C3)C1)C2)c1ccc(Br)cc1. The van der Waals surface area contributed by atoms with Gasteiger partial charge in [0.2, 0.25) is 5.91 Å². The lowest BCUT2D eigenvalue weighted by atomic mass is 9.49. The summed E-state index contributed by atoms with van der Waals surface area (Å²) in [6.07, 6.45) is 9.22. The fraction of sp³-hybridized carbons (Fsp3) is 0.619. The molecule has 4 fully saturated rings. The first kappa shape index (κ1) is 17.3. The summed E-state index contributed by atoms with van der Waals surface area (Å²) in [4.78, 5) is 13.1. The summed E-state index contributed by atoms with van der Waals surface area (Å²) in [7, 11) is 0. The first-order chi connectivity index (χ1) is 12.1. The van der Waals surface area contributed by atoms with Gasteiger partial charge in [-0.1, -0.05) is 41.4 Å². The predicted molar refractivity (Wildman–Crippen MR) is 104 cm³/mol. The van der Waals surface area contributed by atoms with E-state index in [0.717, 1.165) is 65.6 Å². The topological polar surface area (TPSA) is 41.5 Å². The smallest absolute Gasteiger partial charge is 0.246 e. The van der Waals surface area contributed by atoms with Crippen molar-refractivity contribution in [1.82, 2.24) is 5.43 Å². The van der Waals surface area contributed by atoms with Crippen LogP contribution < -0.4 is 5.43 Å². The largest absolute Gasteiger partial charge is 0.273 e. The van der Waals surface area contributed by atoms with Crippen molar-refractivity contribution in [1.29, 1.82) is 0 Å². The maximum absolute atomic E-state index is 13.1. The monoisotopic (exact) mass is 402 g/mol. The third-order valence-corrected chi connectivity index (χ3v) is 7.01. The third-order valence-electron chi connectivity index (χ3n) is 6.48. The van der Waals surface area contributed by atoms with Gasteiger partial charge in [0.1, 0.15) is 0 Å². The highest BCUT2D eigenvalue weighted by molar-refractivity contribution is 9.10. The molecular formula is C21H27BrN2O. The molecule has 0 saturated heterocycles. The Kier molecular flexibility index (Phi) is 4.74. The molecule has 1 aromatic carbocycles. The van der Waals surface area contributed by atoms with E-state index in [1.54, 1.807) is 0 Å². The Bertz CT molecular complexity index is 644. The molecule has 3 nitrogen and oxygen atoms in total. The molecule has 0 radical (unpaired) electrons. The second kappa shape index (κ2) is 6.86. The lowest BCUT2D eigenvalue weighted by Crippen LogP contribution is -2.52. The number of hydrogen-bond donors (Lipinski definition) is 1. The van der Waals surface area contributed by atoms with Crippen molar-refractivity contribution in [3.63, 3.8) is 0 Å². The zero-order valence-electron chi connectivity index (χ0n) is 14.9. The summed E-state index contributed by atoms with van der Waals surface area (Å²) >= 11 is 3.48. The summed E-state index contributed by atoms with van der Waals surface area (Å²) in [5.74, 6) is 2.52. The molecule has 4 aliphatic carbocycles. The van der Waals surface area contributed by atoms with Crippen LogP contribution in [0, 0.1) is 23.2 Å². The standard InChI is InChI=1S/C21H27BrN2O/c1-2-3-19(17-4-6-18(22)7-5-17)23-24-20(25)21-11-14-8-15(12-21)10-16(9-14)13-21/h4-7,14-16H,2-3,8-13H2,1H3,(H,24,25)/b23-19+. The van der Waals surface area contributed by atoms with Crippen molar-refractivity contribution in [3.05, 3.63) is 34.3 Å². The number of hydrogen-bond acceptors (Lipinski definition) is 2. The van der Waals surface area contributed by atoms with Crippen LogP contribution in [-0.4, -0.2) is 11.6 Å². The molecule has 1 aromatic rings. The Morgan fingerprint density at radius 2 is 1.68 bits per heavy atom. The van der Waals surface area contributed by atoms with Crippen LogP contribution in [0.3, 0.4) is 0 Å². The first-order valence-corrected chi connectivity index (χ1v) is 10.5. The predicted octanol–water partition coefficient (Wildman–Crippen LogP) is 5.29. The minimum absolute atomic E-state index is 0.130. The van der Waals surface area contributed by atoms with E-state index >= 15 is 0 Å². The van der Waals surface area contributed by atoms with E-state index in [-0.39, 0.29) is 11.3 Å². The van der Waals surface area contributed by atoms with Crippen molar-refractivity contribution in [3.8, 4) is 0 Å². The molecule has 0 spiro atoms. The normalized spacial score (nSPS) is 33.5. The Labute approximate surface area is 158 Å². The minimum Gasteiger partial charge on any atom is -0.273 e. The highest BCUT2D eigenvalue weighted by Gasteiger charge is 2.54. The van der Waals surface area contributed by atoms with Gasteiger partial charge in [-0.25, -0.2) is 5.43 Å². The average molecular weight is 403 g/mol. The van der Waals surface area contributed by atoms with Crippen LogP contribution in [0.15, 0.2) is 33.8 Å². The molecule has 4 bridgehead atoms. The van der Waals surface area contributed by atoms with Gasteiger partial charge >= 0.3 is 0 Å². The van der Waals surface area contributed by atoms with Crippen molar-refractivity contribution >= 4 is 27.5 Å². The van der Waals surface area contributed by atoms with Crippen LogP contribution in [0.4, 0.5) is 0 Å². The molecule has 1 amide bonds. The van der Waals surface area contributed by atoms with Crippen molar-refractivity contribution in [2.45, 2.75) is 58.3 Å². The molecule has 4 saturated carbocycles. The molecular weight excluding hydrogens is 376 g/mol. The van der Waals surface area contributed by atoms with Gasteiger partial charge < -0.3 is 0 Å². The minimum atomic E-state index is -0.130. The quantitative estimate of drug-likeness (QED) is 0.527. The molecule has 25 heavy (non-hydrogen) atoms. The number of benzene rings is 1. The summed E-state index contributed by atoms with van der Waals surface area (Å²) < 4.78 is 1.06. The second-order valence-corrected chi connectivity index (χ2v) is 9.37. The molecule has 4 aliphatic rings. The second-order valence-electron chi connectivity index (χ2n) is 8.45. The van der Waals surface area contributed by atoms with Crippen LogP contribution in [0.1, 0.15) is 63.9 Å². The number of hydrazone groups is 1. The van der Waals surface area contributed by atoms with Crippen LogP contribution in [0.5, 0.6) is 0 Å². The molecule has 1 N–H and O–H groups in total. The summed E-state index contributed by atoms with van der Waals surface area (Å²) in [5.41, 5.74) is 4.92. The van der Waals surface area contributed by atoms with Gasteiger partial charge in [-0.3, -0.25) is 4.79 Å². The number of carbonyl (C=O) groups is 1. The van der Waals surface area contributed by atoms with E-state index in [1.165, 1.54) is 19.3 Å². The van der Waals surface area contributed by atoms with Crippen molar-refractivity contribution < 1.29 is 4.79 Å². The number of carbonyl (C=O) groups excluding carboxylic acids is 1. The zero-order chi connectivity index (χ0) is 17.4. The van der Waals surface area contributed by atoms with Gasteiger partial charge in [0, 0.05) is 4.47 Å². The number of nitrogens with one attached hydrogen (secondary N) is 1. The number of rotatable bonds is 5. The van der Waals surface area contributed by atoms with Gasteiger partial charge in [0.25, 0.3) is 0 Å². The molecule has 0 aromatic heterocycles. The Balaban J connectivity index is 1.51.